The highest BCUT2D eigenvalue weighted by atomic mass is 16.1. The number of amides is 1. The molecule has 1 saturated carbocycles. The van der Waals surface area contributed by atoms with Crippen LogP contribution in [-0.4, -0.2) is 48.0 Å². The zero-order valence-electron chi connectivity index (χ0n) is 13.3. The normalized spacial score (nSPS) is 14.3. The van der Waals surface area contributed by atoms with E-state index in [0.29, 0.717) is 12.1 Å². The predicted octanol–water partition coefficient (Wildman–Crippen LogP) is 2.04. The van der Waals surface area contributed by atoms with Gasteiger partial charge in [0.05, 0.1) is 0 Å². The Labute approximate surface area is 127 Å². The number of carbonyl (C=O) groups is 1. The van der Waals surface area contributed by atoms with Gasteiger partial charge in [0.15, 0.2) is 0 Å². The van der Waals surface area contributed by atoms with E-state index >= 15 is 0 Å². The van der Waals surface area contributed by atoms with E-state index in [1.807, 2.05) is 26.0 Å². The van der Waals surface area contributed by atoms with Crippen LogP contribution in [0.3, 0.4) is 0 Å². The van der Waals surface area contributed by atoms with Crippen LogP contribution >= 0.6 is 0 Å². The molecule has 5 nitrogen and oxygen atoms in total. The molecule has 2 N–H and O–H groups in total. The van der Waals surface area contributed by atoms with Gasteiger partial charge in [-0.05, 0) is 45.4 Å². The smallest absolute Gasteiger partial charge is 0.251 e. The second kappa shape index (κ2) is 7.41. The van der Waals surface area contributed by atoms with E-state index in [-0.39, 0.29) is 5.91 Å². The molecule has 1 aromatic heterocycles. The number of nitrogens with one attached hydrogen (secondary N) is 2. The van der Waals surface area contributed by atoms with Gasteiger partial charge < -0.3 is 10.6 Å². The van der Waals surface area contributed by atoms with Crippen molar-refractivity contribution in [3.05, 3.63) is 23.4 Å². The molecule has 0 bridgehead atoms. The molecule has 1 aliphatic rings. The summed E-state index contributed by atoms with van der Waals surface area (Å²) in [4.78, 5) is 19.0. The SMILES string of the molecule is CCNc1cc(C(=O)NCCN(CC)C2CC2)cc(C)n1. The first-order valence-electron chi connectivity index (χ1n) is 7.88. The molecular weight excluding hydrogens is 264 g/mol. The van der Waals surface area contributed by atoms with Crippen LogP contribution in [0.25, 0.3) is 0 Å². The maximum atomic E-state index is 12.2. The van der Waals surface area contributed by atoms with Crippen molar-refractivity contribution in [2.75, 3.05) is 31.5 Å². The van der Waals surface area contributed by atoms with Crippen molar-refractivity contribution in [2.24, 2.45) is 0 Å². The molecule has 0 saturated heterocycles. The summed E-state index contributed by atoms with van der Waals surface area (Å²) in [6.45, 7) is 9.57. The average Bonchev–Trinajstić information content (AvgIpc) is 3.27. The Morgan fingerprint density at radius 1 is 1.38 bits per heavy atom. The Morgan fingerprint density at radius 2 is 2.14 bits per heavy atom. The number of anilines is 1. The monoisotopic (exact) mass is 290 g/mol. The predicted molar refractivity (Wildman–Crippen MR) is 85.7 cm³/mol. The number of carbonyl (C=O) groups excluding carboxylic acids is 1. The number of likely N-dealkylation sites (N-methyl/N-ethyl adjacent to an activating group) is 1. The molecule has 0 aliphatic heterocycles. The van der Waals surface area contributed by atoms with Crippen molar-refractivity contribution in [1.29, 1.82) is 0 Å². The summed E-state index contributed by atoms with van der Waals surface area (Å²) >= 11 is 0. The van der Waals surface area contributed by atoms with Gasteiger partial charge in [-0.1, -0.05) is 6.92 Å². The van der Waals surface area contributed by atoms with Gasteiger partial charge in [0.25, 0.3) is 5.91 Å². The van der Waals surface area contributed by atoms with Crippen LogP contribution in [0.1, 0.15) is 42.7 Å². The first-order valence-corrected chi connectivity index (χ1v) is 7.88. The van der Waals surface area contributed by atoms with Gasteiger partial charge in [-0.3, -0.25) is 9.69 Å². The van der Waals surface area contributed by atoms with Crippen LogP contribution < -0.4 is 10.6 Å². The number of aromatic nitrogens is 1. The second-order valence-corrected chi connectivity index (χ2v) is 5.53. The molecule has 1 aromatic rings. The van der Waals surface area contributed by atoms with E-state index in [9.17, 15) is 4.79 Å². The summed E-state index contributed by atoms with van der Waals surface area (Å²) in [5, 5.41) is 6.16. The van der Waals surface area contributed by atoms with Crippen molar-refractivity contribution >= 4 is 11.7 Å². The lowest BCUT2D eigenvalue weighted by Crippen LogP contribution is -2.36. The summed E-state index contributed by atoms with van der Waals surface area (Å²) in [6.07, 6.45) is 2.61. The van der Waals surface area contributed by atoms with Crippen LogP contribution in [-0.2, 0) is 0 Å². The minimum atomic E-state index is -0.0218. The molecule has 1 fully saturated rings. The summed E-state index contributed by atoms with van der Waals surface area (Å²) < 4.78 is 0. The fourth-order valence-corrected chi connectivity index (χ4v) is 2.52. The number of rotatable bonds is 8. The number of pyridine rings is 1. The van der Waals surface area contributed by atoms with E-state index in [0.717, 1.165) is 37.2 Å². The summed E-state index contributed by atoms with van der Waals surface area (Å²) in [6, 6.07) is 4.38. The molecule has 116 valence electrons. The fraction of sp³-hybridized carbons (Fsp3) is 0.625. The van der Waals surface area contributed by atoms with E-state index in [1.54, 1.807) is 0 Å². The topological polar surface area (TPSA) is 57.3 Å². The maximum absolute atomic E-state index is 12.2. The average molecular weight is 290 g/mol. The van der Waals surface area contributed by atoms with Gasteiger partial charge in [-0.25, -0.2) is 4.98 Å². The summed E-state index contributed by atoms with van der Waals surface area (Å²) in [5.41, 5.74) is 1.53. The molecule has 1 heterocycles. The molecule has 0 atom stereocenters. The lowest BCUT2D eigenvalue weighted by molar-refractivity contribution is 0.0948. The fourth-order valence-electron chi connectivity index (χ4n) is 2.52. The molecule has 21 heavy (non-hydrogen) atoms. The Hall–Kier alpha value is -1.62. The molecule has 2 rings (SSSR count). The quantitative estimate of drug-likeness (QED) is 0.769. The summed E-state index contributed by atoms with van der Waals surface area (Å²) in [7, 11) is 0. The van der Waals surface area contributed by atoms with Crippen LogP contribution in [0.5, 0.6) is 0 Å². The van der Waals surface area contributed by atoms with Gasteiger partial charge in [-0.2, -0.15) is 0 Å². The minimum absolute atomic E-state index is 0.0218. The van der Waals surface area contributed by atoms with Gasteiger partial charge in [-0.15, -0.1) is 0 Å². The zero-order chi connectivity index (χ0) is 15.2. The van der Waals surface area contributed by atoms with E-state index in [2.05, 4.69) is 27.4 Å². The van der Waals surface area contributed by atoms with Crippen molar-refractivity contribution in [1.82, 2.24) is 15.2 Å². The summed E-state index contributed by atoms with van der Waals surface area (Å²) in [5.74, 6) is 0.738. The molecular formula is C16H26N4O. The number of hydrogen-bond donors (Lipinski definition) is 2. The van der Waals surface area contributed by atoms with Crippen molar-refractivity contribution < 1.29 is 4.79 Å². The van der Waals surface area contributed by atoms with Crippen molar-refractivity contribution in [3.63, 3.8) is 0 Å². The highest BCUT2D eigenvalue weighted by Gasteiger charge is 2.27. The van der Waals surface area contributed by atoms with E-state index in [4.69, 9.17) is 0 Å². The third kappa shape index (κ3) is 4.70. The minimum Gasteiger partial charge on any atom is -0.370 e. The lowest BCUT2D eigenvalue weighted by atomic mass is 10.2. The molecule has 0 spiro atoms. The molecule has 0 radical (unpaired) electrons. The van der Waals surface area contributed by atoms with Gasteiger partial charge in [0.1, 0.15) is 5.82 Å². The van der Waals surface area contributed by atoms with Crippen LogP contribution in [0.4, 0.5) is 5.82 Å². The van der Waals surface area contributed by atoms with Gasteiger partial charge >= 0.3 is 0 Å². The largest absolute Gasteiger partial charge is 0.370 e. The highest BCUT2D eigenvalue weighted by molar-refractivity contribution is 5.95. The Balaban J connectivity index is 1.87. The van der Waals surface area contributed by atoms with Crippen molar-refractivity contribution in [2.45, 2.75) is 39.7 Å². The Kier molecular flexibility index (Phi) is 5.56. The molecule has 1 amide bonds. The third-order valence-corrected chi connectivity index (χ3v) is 3.73. The van der Waals surface area contributed by atoms with Crippen molar-refractivity contribution in [3.8, 4) is 0 Å². The van der Waals surface area contributed by atoms with Crippen LogP contribution in [0.2, 0.25) is 0 Å². The Morgan fingerprint density at radius 3 is 2.76 bits per heavy atom. The first kappa shape index (κ1) is 15.8. The molecule has 5 heteroatoms. The second-order valence-electron chi connectivity index (χ2n) is 5.53. The first-order chi connectivity index (χ1) is 10.1. The van der Waals surface area contributed by atoms with E-state index in [1.165, 1.54) is 12.8 Å². The zero-order valence-corrected chi connectivity index (χ0v) is 13.3. The Bertz CT molecular complexity index is 485. The van der Waals surface area contributed by atoms with E-state index < -0.39 is 0 Å². The van der Waals surface area contributed by atoms with Crippen LogP contribution in [0.15, 0.2) is 12.1 Å². The molecule has 0 unspecified atom stereocenters. The molecule has 0 aromatic carbocycles. The highest BCUT2D eigenvalue weighted by Crippen LogP contribution is 2.25. The van der Waals surface area contributed by atoms with Gasteiger partial charge in [0.2, 0.25) is 0 Å². The standard InChI is InChI=1S/C16H26N4O/c1-4-17-15-11-13(10-12(3)19-15)16(21)18-8-9-20(5-2)14-6-7-14/h10-11,14H,4-9H2,1-3H3,(H,17,19)(H,18,21). The molecule has 1 aliphatic carbocycles. The third-order valence-electron chi connectivity index (χ3n) is 3.73. The van der Waals surface area contributed by atoms with Gasteiger partial charge in [0, 0.05) is 36.9 Å². The number of hydrogen-bond acceptors (Lipinski definition) is 4. The number of aryl methyl sites for hydroxylation is 1. The number of nitrogens with zero attached hydrogens (tertiary/aromatic N) is 2. The lowest BCUT2D eigenvalue weighted by Gasteiger charge is -2.19. The maximum Gasteiger partial charge on any atom is 0.251 e. The van der Waals surface area contributed by atoms with Crippen LogP contribution in [0, 0.1) is 6.92 Å².